The van der Waals surface area contributed by atoms with Crippen molar-refractivity contribution in [2.45, 2.75) is 32.6 Å². The SMILES string of the molecule is CC(=C1CC1)C(C)c1cccc(C(=O)c2ccccc2)c1. The zero-order valence-corrected chi connectivity index (χ0v) is 12.6. The summed E-state index contributed by atoms with van der Waals surface area (Å²) in [7, 11) is 0. The number of rotatable bonds is 4. The zero-order valence-electron chi connectivity index (χ0n) is 12.6. The fourth-order valence-corrected chi connectivity index (χ4v) is 2.72. The Bertz CT molecular complexity index is 689. The maximum absolute atomic E-state index is 12.5. The topological polar surface area (TPSA) is 17.1 Å². The normalized spacial score (nSPS) is 14.7. The Morgan fingerprint density at radius 3 is 2.29 bits per heavy atom. The van der Waals surface area contributed by atoms with Gasteiger partial charge >= 0.3 is 0 Å². The van der Waals surface area contributed by atoms with Crippen LogP contribution in [0.1, 0.15) is 54.1 Å². The van der Waals surface area contributed by atoms with Crippen LogP contribution in [0.25, 0.3) is 0 Å². The van der Waals surface area contributed by atoms with Crippen molar-refractivity contribution < 1.29 is 4.79 Å². The third kappa shape index (κ3) is 2.97. The van der Waals surface area contributed by atoms with Crippen LogP contribution in [-0.2, 0) is 0 Å². The molecule has 0 amide bonds. The fourth-order valence-electron chi connectivity index (χ4n) is 2.72. The number of hydrogen-bond acceptors (Lipinski definition) is 1. The van der Waals surface area contributed by atoms with Gasteiger partial charge in [-0.2, -0.15) is 0 Å². The molecule has 2 aromatic carbocycles. The molecule has 0 spiro atoms. The summed E-state index contributed by atoms with van der Waals surface area (Å²) in [6.45, 7) is 4.45. The predicted octanol–water partition coefficient (Wildman–Crippen LogP) is 5.13. The highest BCUT2D eigenvalue weighted by Crippen LogP contribution is 2.38. The molecular formula is C20H20O. The Kier molecular flexibility index (Phi) is 3.74. The summed E-state index contributed by atoms with van der Waals surface area (Å²) in [5.74, 6) is 0.493. The van der Waals surface area contributed by atoms with Crippen molar-refractivity contribution >= 4 is 5.78 Å². The van der Waals surface area contributed by atoms with Crippen molar-refractivity contribution in [2.75, 3.05) is 0 Å². The maximum atomic E-state index is 12.5. The minimum atomic E-state index is 0.0985. The quantitative estimate of drug-likeness (QED) is 0.558. The number of allylic oxidation sites excluding steroid dienone is 2. The predicted molar refractivity (Wildman–Crippen MR) is 86.7 cm³/mol. The van der Waals surface area contributed by atoms with Crippen molar-refractivity contribution in [2.24, 2.45) is 0 Å². The summed E-state index contributed by atoms with van der Waals surface area (Å²) < 4.78 is 0. The Labute approximate surface area is 126 Å². The first-order chi connectivity index (χ1) is 10.2. The third-order valence-electron chi connectivity index (χ3n) is 4.39. The molecular weight excluding hydrogens is 256 g/mol. The number of ketones is 1. The molecule has 1 heteroatoms. The lowest BCUT2D eigenvalue weighted by Crippen LogP contribution is -2.03. The minimum absolute atomic E-state index is 0.0985. The van der Waals surface area contributed by atoms with E-state index >= 15 is 0 Å². The lowest BCUT2D eigenvalue weighted by molar-refractivity contribution is 0.103. The monoisotopic (exact) mass is 276 g/mol. The summed E-state index contributed by atoms with van der Waals surface area (Å²) in [5.41, 5.74) is 5.81. The highest BCUT2D eigenvalue weighted by Gasteiger charge is 2.20. The maximum Gasteiger partial charge on any atom is 0.193 e. The second-order valence-electron chi connectivity index (χ2n) is 5.83. The van der Waals surface area contributed by atoms with Crippen molar-refractivity contribution in [3.05, 3.63) is 82.4 Å². The molecule has 0 heterocycles. The van der Waals surface area contributed by atoms with E-state index in [0.29, 0.717) is 5.92 Å². The highest BCUT2D eigenvalue weighted by molar-refractivity contribution is 6.09. The van der Waals surface area contributed by atoms with Crippen molar-refractivity contribution in [1.29, 1.82) is 0 Å². The minimum Gasteiger partial charge on any atom is -0.289 e. The van der Waals surface area contributed by atoms with Crippen LogP contribution in [0.15, 0.2) is 65.7 Å². The van der Waals surface area contributed by atoms with E-state index in [-0.39, 0.29) is 5.78 Å². The van der Waals surface area contributed by atoms with Crippen molar-refractivity contribution in [3.8, 4) is 0 Å². The molecule has 1 fully saturated rings. The van der Waals surface area contributed by atoms with Gasteiger partial charge < -0.3 is 0 Å². The van der Waals surface area contributed by atoms with E-state index in [1.165, 1.54) is 24.0 Å². The standard InChI is InChI=1S/C20H20O/c1-14(16-11-12-16)15(2)18-9-6-10-19(13-18)20(21)17-7-4-3-5-8-17/h3-10,13,15H,11-12H2,1-2H3. The van der Waals surface area contributed by atoms with Crippen LogP contribution in [0.4, 0.5) is 0 Å². The van der Waals surface area contributed by atoms with Gasteiger partial charge in [0.25, 0.3) is 0 Å². The largest absolute Gasteiger partial charge is 0.289 e. The van der Waals surface area contributed by atoms with E-state index < -0.39 is 0 Å². The van der Waals surface area contributed by atoms with Gasteiger partial charge in [-0.3, -0.25) is 4.79 Å². The van der Waals surface area contributed by atoms with Crippen LogP contribution in [0.5, 0.6) is 0 Å². The van der Waals surface area contributed by atoms with E-state index in [1.54, 1.807) is 5.57 Å². The second kappa shape index (κ2) is 5.69. The zero-order chi connectivity index (χ0) is 14.8. The fraction of sp³-hybridized carbons (Fsp3) is 0.250. The van der Waals surface area contributed by atoms with E-state index in [4.69, 9.17) is 0 Å². The number of carbonyl (C=O) groups is 1. The number of benzene rings is 2. The molecule has 1 saturated carbocycles. The molecule has 106 valence electrons. The first-order valence-corrected chi connectivity index (χ1v) is 7.55. The molecule has 0 radical (unpaired) electrons. The van der Waals surface area contributed by atoms with Gasteiger partial charge in [-0.1, -0.05) is 66.6 Å². The van der Waals surface area contributed by atoms with Crippen LogP contribution in [0.3, 0.4) is 0 Å². The van der Waals surface area contributed by atoms with Crippen molar-refractivity contribution in [1.82, 2.24) is 0 Å². The third-order valence-corrected chi connectivity index (χ3v) is 4.39. The van der Waals surface area contributed by atoms with Gasteiger partial charge in [-0.05, 0) is 31.4 Å². The molecule has 1 aliphatic rings. The number of carbonyl (C=O) groups excluding carboxylic acids is 1. The molecule has 1 aliphatic carbocycles. The van der Waals surface area contributed by atoms with E-state index in [0.717, 1.165) is 11.1 Å². The summed E-state index contributed by atoms with van der Waals surface area (Å²) in [5, 5.41) is 0. The smallest absolute Gasteiger partial charge is 0.193 e. The molecule has 21 heavy (non-hydrogen) atoms. The van der Waals surface area contributed by atoms with Gasteiger partial charge in [0.05, 0.1) is 0 Å². The Morgan fingerprint density at radius 1 is 0.952 bits per heavy atom. The lowest BCUT2D eigenvalue weighted by atomic mass is 9.91. The second-order valence-corrected chi connectivity index (χ2v) is 5.83. The average Bonchev–Trinajstić information content (AvgIpc) is 3.38. The Morgan fingerprint density at radius 2 is 1.62 bits per heavy atom. The van der Waals surface area contributed by atoms with Gasteiger partial charge in [0, 0.05) is 17.0 Å². The summed E-state index contributed by atoms with van der Waals surface area (Å²) >= 11 is 0. The molecule has 0 saturated heterocycles. The summed E-state index contributed by atoms with van der Waals surface area (Å²) in [6.07, 6.45) is 2.50. The van der Waals surface area contributed by atoms with Gasteiger partial charge in [0.1, 0.15) is 0 Å². The van der Waals surface area contributed by atoms with E-state index in [2.05, 4.69) is 19.9 Å². The van der Waals surface area contributed by atoms with Crippen LogP contribution in [0, 0.1) is 0 Å². The molecule has 1 nitrogen and oxygen atoms in total. The number of hydrogen-bond donors (Lipinski definition) is 0. The first kappa shape index (κ1) is 13.8. The molecule has 0 aromatic heterocycles. The van der Waals surface area contributed by atoms with Gasteiger partial charge in [-0.15, -0.1) is 0 Å². The van der Waals surface area contributed by atoms with Crippen LogP contribution < -0.4 is 0 Å². The summed E-state index contributed by atoms with van der Waals surface area (Å²) in [4.78, 5) is 12.5. The van der Waals surface area contributed by atoms with Crippen LogP contribution in [0.2, 0.25) is 0 Å². The van der Waals surface area contributed by atoms with Crippen molar-refractivity contribution in [3.63, 3.8) is 0 Å². The van der Waals surface area contributed by atoms with Gasteiger partial charge in [-0.25, -0.2) is 0 Å². The molecule has 1 unspecified atom stereocenters. The molecule has 1 atom stereocenters. The lowest BCUT2D eigenvalue weighted by Gasteiger charge is -2.14. The van der Waals surface area contributed by atoms with Crippen LogP contribution >= 0.6 is 0 Å². The van der Waals surface area contributed by atoms with Gasteiger partial charge in [0.2, 0.25) is 0 Å². The van der Waals surface area contributed by atoms with E-state index in [9.17, 15) is 4.79 Å². The Balaban J connectivity index is 1.90. The first-order valence-electron chi connectivity index (χ1n) is 7.55. The van der Waals surface area contributed by atoms with E-state index in [1.807, 2.05) is 48.5 Å². The highest BCUT2D eigenvalue weighted by atomic mass is 16.1. The average molecular weight is 276 g/mol. The molecule has 0 bridgehead atoms. The summed E-state index contributed by atoms with van der Waals surface area (Å²) in [6, 6.07) is 17.6. The molecule has 0 aliphatic heterocycles. The molecule has 2 aromatic rings. The van der Waals surface area contributed by atoms with Gasteiger partial charge in [0.15, 0.2) is 5.78 Å². The van der Waals surface area contributed by atoms with Crippen LogP contribution in [-0.4, -0.2) is 5.78 Å². The molecule has 3 rings (SSSR count). The Hall–Kier alpha value is -2.15. The molecule has 0 N–H and O–H groups in total.